The van der Waals surface area contributed by atoms with Gasteiger partial charge in [-0.1, -0.05) is 0 Å². The van der Waals surface area contributed by atoms with E-state index in [1.54, 1.807) is 6.92 Å². The predicted molar refractivity (Wildman–Crippen MR) is 56.2 cm³/mol. The van der Waals surface area contributed by atoms with Crippen LogP contribution in [-0.2, 0) is 14.4 Å². The fourth-order valence-corrected chi connectivity index (χ4v) is 1.45. The Morgan fingerprint density at radius 2 is 2.31 bits per heavy atom. The van der Waals surface area contributed by atoms with Crippen molar-refractivity contribution >= 4 is 17.7 Å². The number of hydrogen-bond donors (Lipinski definition) is 3. The van der Waals surface area contributed by atoms with Crippen molar-refractivity contribution < 1.29 is 14.4 Å². The summed E-state index contributed by atoms with van der Waals surface area (Å²) in [4.78, 5) is 35.6. The number of nitrogens with one attached hydrogen (secondary N) is 2. The zero-order chi connectivity index (χ0) is 12.1. The quantitative estimate of drug-likeness (QED) is 0.451. The third-order valence-corrected chi connectivity index (χ3v) is 2.38. The molecule has 1 heterocycles. The Bertz CT molecular complexity index is 305. The van der Waals surface area contributed by atoms with Crippen LogP contribution in [0.2, 0.25) is 0 Å². The number of carbonyl (C=O) groups excluding carboxylic acids is 3. The summed E-state index contributed by atoms with van der Waals surface area (Å²) < 4.78 is 0. The van der Waals surface area contributed by atoms with Crippen LogP contribution in [0, 0.1) is 0 Å². The van der Waals surface area contributed by atoms with Gasteiger partial charge in [-0.2, -0.15) is 0 Å². The van der Waals surface area contributed by atoms with Gasteiger partial charge < -0.3 is 21.3 Å². The molecule has 7 nitrogen and oxygen atoms in total. The van der Waals surface area contributed by atoms with Gasteiger partial charge in [-0.25, -0.2) is 0 Å². The number of piperazine rings is 1. The lowest BCUT2D eigenvalue weighted by Crippen LogP contribution is -2.58. The monoisotopic (exact) mass is 228 g/mol. The average molecular weight is 228 g/mol. The first kappa shape index (κ1) is 12.4. The van der Waals surface area contributed by atoms with Crippen LogP contribution < -0.4 is 16.4 Å². The Hall–Kier alpha value is -1.63. The van der Waals surface area contributed by atoms with E-state index in [1.807, 2.05) is 0 Å². The van der Waals surface area contributed by atoms with E-state index in [-0.39, 0.29) is 19.0 Å². The smallest absolute Gasteiger partial charge is 0.312 e. The van der Waals surface area contributed by atoms with Crippen molar-refractivity contribution in [2.75, 3.05) is 26.2 Å². The summed E-state index contributed by atoms with van der Waals surface area (Å²) in [6, 6.07) is -0.607. The summed E-state index contributed by atoms with van der Waals surface area (Å²) in [5, 5.41) is 4.99. The molecule has 4 N–H and O–H groups in total. The molecule has 7 heteroatoms. The lowest BCUT2D eigenvalue weighted by molar-refractivity contribution is -0.150. The largest absolute Gasteiger partial charge is 0.353 e. The molecule has 0 radical (unpaired) electrons. The van der Waals surface area contributed by atoms with E-state index in [4.69, 9.17) is 5.73 Å². The van der Waals surface area contributed by atoms with Crippen LogP contribution in [0.25, 0.3) is 0 Å². The van der Waals surface area contributed by atoms with Crippen LogP contribution in [0.3, 0.4) is 0 Å². The van der Waals surface area contributed by atoms with Crippen LogP contribution in [0.1, 0.15) is 6.92 Å². The van der Waals surface area contributed by atoms with E-state index in [2.05, 4.69) is 10.6 Å². The molecular weight excluding hydrogens is 212 g/mol. The molecule has 1 aliphatic rings. The summed E-state index contributed by atoms with van der Waals surface area (Å²) >= 11 is 0. The maximum Gasteiger partial charge on any atom is 0.312 e. The van der Waals surface area contributed by atoms with E-state index < -0.39 is 17.9 Å². The van der Waals surface area contributed by atoms with Crippen LogP contribution >= 0.6 is 0 Å². The number of nitrogens with zero attached hydrogens (tertiary/aromatic N) is 1. The van der Waals surface area contributed by atoms with Gasteiger partial charge in [-0.3, -0.25) is 14.4 Å². The first-order valence-corrected chi connectivity index (χ1v) is 5.14. The summed E-state index contributed by atoms with van der Waals surface area (Å²) in [5.41, 5.74) is 5.20. The number of amides is 3. The van der Waals surface area contributed by atoms with Gasteiger partial charge in [0.2, 0.25) is 5.91 Å². The molecule has 16 heavy (non-hydrogen) atoms. The second-order valence-electron chi connectivity index (χ2n) is 3.51. The highest BCUT2D eigenvalue weighted by Crippen LogP contribution is 2.03. The second-order valence-corrected chi connectivity index (χ2v) is 3.51. The first-order chi connectivity index (χ1) is 7.57. The molecule has 3 amide bonds. The lowest BCUT2D eigenvalue weighted by Gasteiger charge is -2.32. The third-order valence-electron chi connectivity index (χ3n) is 2.38. The van der Waals surface area contributed by atoms with E-state index >= 15 is 0 Å². The zero-order valence-electron chi connectivity index (χ0n) is 9.16. The van der Waals surface area contributed by atoms with E-state index in [1.165, 1.54) is 4.90 Å². The Morgan fingerprint density at radius 3 is 2.94 bits per heavy atom. The highest BCUT2D eigenvalue weighted by Gasteiger charge is 2.32. The molecule has 1 atom stereocenters. The fraction of sp³-hybridized carbons (Fsp3) is 0.667. The second kappa shape index (κ2) is 5.45. The molecule has 0 bridgehead atoms. The lowest BCUT2D eigenvalue weighted by atomic mass is 10.2. The topological polar surface area (TPSA) is 105 Å². The van der Waals surface area contributed by atoms with Crippen LogP contribution in [0.4, 0.5) is 0 Å². The molecule has 0 aromatic rings. The summed E-state index contributed by atoms with van der Waals surface area (Å²) in [7, 11) is 0. The molecule has 1 saturated heterocycles. The average Bonchev–Trinajstić information content (AvgIpc) is 2.28. The fourth-order valence-electron chi connectivity index (χ4n) is 1.45. The number of carbonyl (C=O) groups is 3. The molecule has 1 fully saturated rings. The van der Waals surface area contributed by atoms with E-state index in [9.17, 15) is 14.4 Å². The number of nitrogens with two attached hydrogens (primary N) is 1. The molecule has 1 unspecified atom stereocenters. The first-order valence-electron chi connectivity index (χ1n) is 5.14. The van der Waals surface area contributed by atoms with Crippen molar-refractivity contribution in [2.24, 2.45) is 5.73 Å². The SMILES string of the molecule is CC1C(=O)NCCN1C(=O)C(=O)NCCN. The van der Waals surface area contributed by atoms with Crippen molar-refractivity contribution in [3.63, 3.8) is 0 Å². The Kier molecular flexibility index (Phi) is 4.24. The standard InChI is InChI=1S/C9H16N4O3/c1-6-7(14)12-4-5-13(6)9(16)8(15)11-3-2-10/h6H,2-5,10H2,1H3,(H,11,15)(H,12,14). The molecule has 1 rings (SSSR count). The predicted octanol–water partition coefficient (Wildman–Crippen LogP) is -2.59. The summed E-state index contributed by atoms with van der Waals surface area (Å²) in [5.74, 6) is -1.64. The van der Waals surface area contributed by atoms with E-state index in [0.29, 0.717) is 13.1 Å². The minimum absolute atomic E-state index is 0.244. The van der Waals surface area contributed by atoms with Gasteiger partial charge >= 0.3 is 11.8 Å². The van der Waals surface area contributed by atoms with Crippen LogP contribution in [-0.4, -0.2) is 54.8 Å². The Morgan fingerprint density at radius 1 is 1.62 bits per heavy atom. The van der Waals surface area contributed by atoms with Gasteiger partial charge in [-0.05, 0) is 6.92 Å². The maximum atomic E-state index is 11.7. The van der Waals surface area contributed by atoms with Crippen LogP contribution in [0.5, 0.6) is 0 Å². The molecule has 90 valence electrons. The van der Waals surface area contributed by atoms with Gasteiger partial charge in [0.15, 0.2) is 0 Å². The van der Waals surface area contributed by atoms with Gasteiger partial charge in [0.25, 0.3) is 0 Å². The van der Waals surface area contributed by atoms with Crippen molar-refractivity contribution in [2.45, 2.75) is 13.0 Å². The molecule has 0 spiro atoms. The van der Waals surface area contributed by atoms with Gasteiger partial charge in [0, 0.05) is 26.2 Å². The van der Waals surface area contributed by atoms with Crippen molar-refractivity contribution in [1.82, 2.24) is 15.5 Å². The third kappa shape index (κ3) is 2.69. The highest BCUT2D eigenvalue weighted by atomic mass is 16.2. The van der Waals surface area contributed by atoms with Crippen molar-refractivity contribution in [3.8, 4) is 0 Å². The van der Waals surface area contributed by atoms with Gasteiger partial charge in [0.05, 0.1) is 0 Å². The molecule has 0 saturated carbocycles. The number of hydrogen-bond acceptors (Lipinski definition) is 4. The molecule has 0 aliphatic carbocycles. The Labute approximate surface area is 93.3 Å². The van der Waals surface area contributed by atoms with Crippen molar-refractivity contribution in [1.29, 1.82) is 0 Å². The normalized spacial score (nSPS) is 20.2. The summed E-state index contributed by atoms with van der Waals surface area (Å²) in [6.07, 6.45) is 0. The Balaban J connectivity index is 2.58. The summed E-state index contributed by atoms with van der Waals surface area (Å²) in [6.45, 7) is 2.83. The highest BCUT2D eigenvalue weighted by molar-refractivity contribution is 6.35. The van der Waals surface area contributed by atoms with Gasteiger partial charge in [0.1, 0.15) is 6.04 Å². The molecular formula is C9H16N4O3. The minimum atomic E-state index is -0.716. The van der Waals surface area contributed by atoms with Crippen LogP contribution in [0.15, 0.2) is 0 Å². The molecule has 1 aliphatic heterocycles. The maximum absolute atomic E-state index is 11.7. The van der Waals surface area contributed by atoms with Crippen molar-refractivity contribution in [3.05, 3.63) is 0 Å². The molecule has 0 aromatic heterocycles. The zero-order valence-corrected chi connectivity index (χ0v) is 9.16. The minimum Gasteiger partial charge on any atom is -0.353 e. The molecule has 0 aromatic carbocycles. The van der Waals surface area contributed by atoms with Gasteiger partial charge in [-0.15, -0.1) is 0 Å². The van der Waals surface area contributed by atoms with E-state index in [0.717, 1.165) is 0 Å². The number of rotatable bonds is 2.